The fraction of sp³-hybridized carbons (Fsp3) is 0.400. The maximum Gasteiger partial charge on any atom is 0.237 e. The first-order valence-electron chi connectivity index (χ1n) is 3.11. The van der Waals surface area contributed by atoms with Gasteiger partial charge in [0, 0.05) is 6.26 Å². The van der Waals surface area contributed by atoms with Crippen molar-refractivity contribution in [2.45, 2.75) is 11.7 Å². The van der Waals surface area contributed by atoms with Crippen LogP contribution in [0, 0.1) is 0 Å². The highest BCUT2D eigenvalue weighted by molar-refractivity contribution is 7.84. The summed E-state index contributed by atoms with van der Waals surface area (Å²) in [6, 6.07) is 0. The van der Waals surface area contributed by atoms with Crippen molar-refractivity contribution >= 4 is 16.7 Å². The molecule has 6 nitrogen and oxygen atoms in total. The van der Waals surface area contributed by atoms with E-state index >= 15 is 0 Å². The molecular formula is C5H8N4O2S. The molecule has 12 heavy (non-hydrogen) atoms. The Labute approximate surface area is 71.2 Å². The minimum absolute atomic E-state index is 0.0398. The molecule has 0 bridgehead atoms. The molecule has 0 aliphatic carbocycles. The molecule has 1 unspecified atom stereocenters. The molecule has 0 spiro atoms. The van der Waals surface area contributed by atoms with Crippen LogP contribution in [0.2, 0.25) is 0 Å². The largest absolute Gasteiger partial charge is 0.368 e. The van der Waals surface area contributed by atoms with Crippen molar-refractivity contribution in [1.82, 2.24) is 14.8 Å². The third kappa shape index (κ3) is 1.88. The van der Waals surface area contributed by atoms with E-state index in [2.05, 4.69) is 10.2 Å². The first-order chi connectivity index (χ1) is 5.61. The lowest BCUT2D eigenvalue weighted by atomic mass is 10.6. The minimum atomic E-state index is -1.24. The Morgan fingerprint density at radius 1 is 1.83 bits per heavy atom. The second-order valence-corrected chi connectivity index (χ2v) is 3.44. The normalized spacial score (nSPS) is 12.8. The van der Waals surface area contributed by atoms with Crippen LogP contribution < -0.4 is 5.73 Å². The summed E-state index contributed by atoms with van der Waals surface area (Å²) in [4.78, 5) is 10.5. The smallest absolute Gasteiger partial charge is 0.237 e. The van der Waals surface area contributed by atoms with Crippen LogP contribution in [0.4, 0.5) is 0 Å². The number of amides is 1. The van der Waals surface area contributed by atoms with Gasteiger partial charge in [-0.1, -0.05) is 0 Å². The Morgan fingerprint density at radius 2 is 2.50 bits per heavy atom. The van der Waals surface area contributed by atoms with Crippen LogP contribution in [0.5, 0.6) is 0 Å². The van der Waals surface area contributed by atoms with E-state index in [9.17, 15) is 9.00 Å². The van der Waals surface area contributed by atoms with Crippen molar-refractivity contribution in [3.63, 3.8) is 0 Å². The van der Waals surface area contributed by atoms with Crippen molar-refractivity contribution in [1.29, 1.82) is 0 Å². The van der Waals surface area contributed by atoms with E-state index in [-0.39, 0.29) is 11.7 Å². The molecule has 1 heterocycles. The highest BCUT2D eigenvalue weighted by Crippen LogP contribution is 1.98. The van der Waals surface area contributed by atoms with Gasteiger partial charge >= 0.3 is 0 Å². The molecule has 0 fully saturated rings. The molecule has 0 aliphatic rings. The van der Waals surface area contributed by atoms with Crippen molar-refractivity contribution in [2.24, 2.45) is 5.73 Å². The maximum absolute atomic E-state index is 10.9. The van der Waals surface area contributed by atoms with Crippen LogP contribution in [0.1, 0.15) is 0 Å². The average molecular weight is 188 g/mol. The van der Waals surface area contributed by atoms with E-state index in [1.165, 1.54) is 17.2 Å². The molecular weight excluding hydrogens is 180 g/mol. The maximum atomic E-state index is 10.9. The highest BCUT2D eigenvalue weighted by atomic mass is 32.2. The van der Waals surface area contributed by atoms with E-state index < -0.39 is 16.7 Å². The Balaban J connectivity index is 2.91. The predicted molar refractivity (Wildman–Crippen MR) is 41.5 cm³/mol. The number of primary amides is 1. The van der Waals surface area contributed by atoms with E-state index in [4.69, 9.17) is 5.73 Å². The summed E-state index contributed by atoms with van der Waals surface area (Å²) in [6.07, 6.45) is 2.78. The fourth-order valence-corrected chi connectivity index (χ4v) is 1.35. The molecule has 1 aromatic rings. The van der Waals surface area contributed by atoms with Crippen molar-refractivity contribution in [2.75, 3.05) is 6.26 Å². The van der Waals surface area contributed by atoms with E-state index in [1.54, 1.807) is 0 Å². The van der Waals surface area contributed by atoms with Gasteiger partial charge in [-0.05, 0) is 0 Å². The topological polar surface area (TPSA) is 90.9 Å². The molecule has 66 valence electrons. The molecule has 7 heteroatoms. The van der Waals surface area contributed by atoms with E-state index in [0.29, 0.717) is 0 Å². The van der Waals surface area contributed by atoms with Gasteiger partial charge < -0.3 is 5.73 Å². The molecule has 0 aliphatic heterocycles. The number of nitrogens with two attached hydrogens (primary N) is 1. The number of aromatic nitrogens is 3. The van der Waals surface area contributed by atoms with Crippen LogP contribution >= 0.6 is 0 Å². The number of rotatable bonds is 3. The van der Waals surface area contributed by atoms with Crippen LogP contribution in [0.15, 0.2) is 11.5 Å². The third-order valence-electron chi connectivity index (χ3n) is 1.16. The highest BCUT2D eigenvalue weighted by Gasteiger charge is 2.08. The van der Waals surface area contributed by atoms with Gasteiger partial charge in [-0.15, -0.1) is 10.2 Å². The Hall–Kier alpha value is -1.24. The summed E-state index contributed by atoms with van der Waals surface area (Å²) < 4.78 is 12.3. The standard InChI is InChI=1S/C5H8N4O2S/c1-12(11)5-8-7-3-9(5)2-4(6)10/h3H,2H2,1H3,(H2,6,10). The summed E-state index contributed by atoms with van der Waals surface area (Å²) >= 11 is 0. The lowest BCUT2D eigenvalue weighted by Crippen LogP contribution is -2.19. The first-order valence-corrected chi connectivity index (χ1v) is 4.66. The zero-order valence-electron chi connectivity index (χ0n) is 6.43. The van der Waals surface area contributed by atoms with E-state index in [1.807, 2.05) is 0 Å². The zero-order chi connectivity index (χ0) is 9.14. The lowest BCUT2D eigenvalue weighted by molar-refractivity contribution is -0.118. The van der Waals surface area contributed by atoms with Gasteiger partial charge in [-0.3, -0.25) is 13.6 Å². The SMILES string of the molecule is CS(=O)c1nncn1CC(N)=O. The number of carbonyl (C=O) groups is 1. The van der Waals surface area contributed by atoms with Gasteiger partial charge in [0.1, 0.15) is 12.9 Å². The summed E-state index contributed by atoms with van der Waals surface area (Å²) in [7, 11) is -1.24. The molecule has 1 rings (SSSR count). The fourth-order valence-electron chi connectivity index (χ4n) is 0.743. The molecule has 0 aromatic carbocycles. The average Bonchev–Trinajstić information content (AvgIpc) is 2.33. The van der Waals surface area contributed by atoms with Gasteiger partial charge in [0.25, 0.3) is 0 Å². The summed E-state index contributed by atoms with van der Waals surface area (Å²) in [5, 5.41) is 7.34. The van der Waals surface area contributed by atoms with Gasteiger partial charge in [0.05, 0.1) is 10.8 Å². The Bertz CT molecular complexity index is 321. The van der Waals surface area contributed by atoms with Crippen molar-refractivity contribution in [3.8, 4) is 0 Å². The van der Waals surface area contributed by atoms with Crippen LogP contribution in [0.3, 0.4) is 0 Å². The first kappa shape index (κ1) is 8.85. The van der Waals surface area contributed by atoms with Gasteiger partial charge in [-0.25, -0.2) is 0 Å². The Kier molecular flexibility index (Phi) is 2.54. The number of hydrogen-bond donors (Lipinski definition) is 1. The van der Waals surface area contributed by atoms with E-state index in [0.717, 1.165) is 0 Å². The zero-order valence-corrected chi connectivity index (χ0v) is 7.24. The molecule has 1 aromatic heterocycles. The predicted octanol–water partition coefficient (Wildman–Crippen LogP) is -1.50. The Morgan fingerprint density at radius 3 is 3.00 bits per heavy atom. The van der Waals surface area contributed by atoms with Crippen LogP contribution in [-0.2, 0) is 22.1 Å². The van der Waals surface area contributed by atoms with Crippen LogP contribution in [0.25, 0.3) is 0 Å². The minimum Gasteiger partial charge on any atom is -0.368 e. The van der Waals surface area contributed by atoms with Crippen LogP contribution in [-0.4, -0.2) is 31.1 Å². The molecule has 1 amide bonds. The quantitative estimate of drug-likeness (QED) is 0.625. The number of nitrogens with zero attached hydrogens (tertiary/aromatic N) is 3. The second-order valence-electron chi connectivity index (χ2n) is 2.16. The molecule has 0 saturated heterocycles. The van der Waals surface area contributed by atoms with Crippen molar-refractivity contribution in [3.05, 3.63) is 6.33 Å². The summed E-state index contributed by atoms with van der Waals surface area (Å²) in [5.74, 6) is -0.512. The van der Waals surface area contributed by atoms with Gasteiger partial charge in [-0.2, -0.15) is 0 Å². The number of carbonyl (C=O) groups excluding carboxylic acids is 1. The molecule has 0 saturated carbocycles. The van der Waals surface area contributed by atoms with Gasteiger partial charge in [0.2, 0.25) is 11.1 Å². The molecule has 1 atom stereocenters. The monoisotopic (exact) mass is 188 g/mol. The summed E-state index contributed by atoms with van der Waals surface area (Å²) in [5.41, 5.74) is 4.94. The summed E-state index contributed by atoms with van der Waals surface area (Å²) in [6.45, 7) is -0.0398. The second kappa shape index (κ2) is 3.44. The molecule has 2 N–H and O–H groups in total. The lowest BCUT2D eigenvalue weighted by Gasteiger charge is -1.99. The number of hydrogen-bond acceptors (Lipinski definition) is 4. The molecule has 0 radical (unpaired) electrons. The third-order valence-corrected chi connectivity index (χ3v) is 1.99. The van der Waals surface area contributed by atoms with Gasteiger partial charge in [0.15, 0.2) is 0 Å². The van der Waals surface area contributed by atoms with Crippen molar-refractivity contribution < 1.29 is 9.00 Å².